The minimum absolute atomic E-state index is 0.0372. The first-order valence-electron chi connectivity index (χ1n) is 12.4. The fourth-order valence-electron chi connectivity index (χ4n) is 3.96. The van der Waals surface area contributed by atoms with Crippen LogP contribution in [0.1, 0.15) is 21.7 Å². The second-order valence-corrected chi connectivity index (χ2v) is 9.16. The molecule has 2 heterocycles. The number of hydrogen-bond donors (Lipinski definition) is 2. The van der Waals surface area contributed by atoms with Gasteiger partial charge in [-0.15, -0.1) is 0 Å². The van der Waals surface area contributed by atoms with Gasteiger partial charge in [0.25, 0.3) is 11.8 Å². The molecule has 2 aromatic heterocycles. The molecular weight excluding hydrogens is 528 g/mol. The third-order valence-electron chi connectivity index (χ3n) is 6.03. The van der Waals surface area contributed by atoms with Gasteiger partial charge < -0.3 is 19.8 Å². The van der Waals surface area contributed by atoms with E-state index >= 15 is 0 Å². The second kappa shape index (κ2) is 12.2. The number of rotatable bonds is 9. The van der Waals surface area contributed by atoms with Gasteiger partial charge in [0, 0.05) is 27.9 Å². The van der Waals surface area contributed by atoms with E-state index in [1.165, 1.54) is 6.26 Å². The highest BCUT2D eigenvalue weighted by Crippen LogP contribution is 2.27. The van der Waals surface area contributed by atoms with Crippen LogP contribution < -0.4 is 15.4 Å². The minimum Gasteiger partial charge on any atom is -0.497 e. The standard InChI is InChI=1S/C31H25ClN4O4/c1-39-26-15-11-22(12-16-26)30(37)34-28(31(38)33-19-27-8-5-17-40-27)18-23-20-36(25-6-3-2-4-7-25)35-29(23)21-9-13-24(32)14-10-21/h2-18,20H,19H2,1H3,(H,33,38)(H,34,37). The van der Waals surface area contributed by atoms with Crippen LogP contribution in [0.4, 0.5) is 0 Å². The Labute approximate surface area is 235 Å². The van der Waals surface area contributed by atoms with E-state index < -0.39 is 11.8 Å². The van der Waals surface area contributed by atoms with Crippen molar-refractivity contribution >= 4 is 29.5 Å². The Kier molecular flexibility index (Phi) is 8.08. The molecule has 9 heteroatoms. The Balaban J connectivity index is 1.54. The Morgan fingerprint density at radius 2 is 1.73 bits per heavy atom. The molecule has 0 bridgehead atoms. The van der Waals surface area contributed by atoms with Crippen molar-refractivity contribution in [3.63, 3.8) is 0 Å². The largest absolute Gasteiger partial charge is 0.497 e. The van der Waals surface area contributed by atoms with Gasteiger partial charge in [-0.3, -0.25) is 9.59 Å². The van der Waals surface area contributed by atoms with E-state index in [9.17, 15) is 9.59 Å². The molecular formula is C31H25ClN4O4. The van der Waals surface area contributed by atoms with Crippen molar-refractivity contribution in [2.75, 3.05) is 7.11 Å². The summed E-state index contributed by atoms with van der Waals surface area (Å²) in [4.78, 5) is 26.6. The molecule has 0 aliphatic heterocycles. The highest BCUT2D eigenvalue weighted by molar-refractivity contribution is 6.30. The number of furan rings is 1. The fourth-order valence-corrected chi connectivity index (χ4v) is 4.09. The highest BCUT2D eigenvalue weighted by atomic mass is 35.5. The van der Waals surface area contributed by atoms with Crippen LogP contribution in [-0.4, -0.2) is 28.7 Å². The maximum absolute atomic E-state index is 13.4. The van der Waals surface area contributed by atoms with Gasteiger partial charge in [-0.25, -0.2) is 4.68 Å². The predicted molar refractivity (Wildman–Crippen MR) is 153 cm³/mol. The van der Waals surface area contributed by atoms with E-state index in [-0.39, 0.29) is 12.2 Å². The summed E-state index contributed by atoms with van der Waals surface area (Å²) in [7, 11) is 1.55. The third kappa shape index (κ3) is 6.31. The molecule has 0 spiro atoms. The molecule has 2 N–H and O–H groups in total. The van der Waals surface area contributed by atoms with Crippen LogP contribution in [0.2, 0.25) is 5.02 Å². The van der Waals surface area contributed by atoms with Crippen LogP contribution in [0, 0.1) is 0 Å². The van der Waals surface area contributed by atoms with E-state index in [1.807, 2.05) is 42.5 Å². The van der Waals surface area contributed by atoms with Gasteiger partial charge in [-0.05, 0) is 66.7 Å². The predicted octanol–water partition coefficient (Wildman–Crippen LogP) is 5.88. The van der Waals surface area contributed by atoms with Crippen molar-refractivity contribution in [2.24, 2.45) is 0 Å². The van der Waals surface area contributed by atoms with Crippen molar-refractivity contribution < 1.29 is 18.7 Å². The molecule has 0 aliphatic rings. The molecule has 40 heavy (non-hydrogen) atoms. The molecule has 0 fully saturated rings. The second-order valence-electron chi connectivity index (χ2n) is 8.72. The number of benzene rings is 3. The zero-order chi connectivity index (χ0) is 27.9. The zero-order valence-corrected chi connectivity index (χ0v) is 22.3. The van der Waals surface area contributed by atoms with Gasteiger partial charge >= 0.3 is 0 Å². The molecule has 2 amide bonds. The molecule has 3 aromatic carbocycles. The maximum Gasteiger partial charge on any atom is 0.268 e. The number of carbonyl (C=O) groups excluding carboxylic acids is 2. The lowest BCUT2D eigenvalue weighted by molar-refractivity contribution is -0.118. The lowest BCUT2D eigenvalue weighted by Gasteiger charge is -2.11. The molecule has 0 unspecified atom stereocenters. The number of ether oxygens (including phenoxy) is 1. The smallest absolute Gasteiger partial charge is 0.268 e. The molecule has 0 aliphatic carbocycles. The Morgan fingerprint density at radius 3 is 2.40 bits per heavy atom. The number of halogens is 1. The molecule has 0 saturated carbocycles. The third-order valence-corrected chi connectivity index (χ3v) is 6.28. The fraction of sp³-hybridized carbons (Fsp3) is 0.0645. The van der Waals surface area contributed by atoms with Crippen molar-refractivity contribution in [3.8, 4) is 22.7 Å². The Morgan fingerprint density at radius 1 is 0.975 bits per heavy atom. The molecule has 0 atom stereocenters. The van der Waals surface area contributed by atoms with Crippen LogP contribution in [-0.2, 0) is 11.3 Å². The summed E-state index contributed by atoms with van der Waals surface area (Å²) < 4.78 is 12.2. The highest BCUT2D eigenvalue weighted by Gasteiger charge is 2.18. The van der Waals surface area contributed by atoms with Crippen LogP contribution in [0.25, 0.3) is 23.0 Å². The average molecular weight is 553 g/mol. The van der Waals surface area contributed by atoms with E-state index in [2.05, 4.69) is 10.6 Å². The Bertz CT molecular complexity index is 1630. The van der Waals surface area contributed by atoms with Crippen LogP contribution >= 0.6 is 11.6 Å². The van der Waals surface area contributed by atoms with Crippen molar-refractivity contribution in [1.29, 1.82) is 0 Å². The van der Waals surface area contributed by atoms with Crippen LogP contribution in [0.15, 0.2) is 114 Å². The number of methoxy groups -OCH3 is 1. The van der Waals surface area contributed by atoms with E-state index in [0.717, 1.165) is 11.3 Å². The van der Waals surface area contributed by atoms with Gasteiger partial charge in [-0.1, -0.05) is 41.9 Å². The summed E-state index contributed by atoms with van der Waals surface area (Å²) in [6.07, 6.45) is 4.94. The topological polar surface area (TPSA) is 98.4 Å². The maximum atomic E-state index is 13.4. The summed E-state index contributed by atoms with van der Waals surface area (Å²) in [5.74, 6) is 0.246. The zero-order valence-electron chi connectivity index (χ0n) is 21.5. The van der Waals surface area contributed by atoms with Gasteiger partial charge in [0.05, 0.1) is 25.6 Å². The van der Waals surface area contributed by atoms with Crippen LogP contribution in [0.5, 0.6) is 5.75 Å². The quantitative estimate of drug-likeness (QED) is 0.222. The molecule has 5 aromatic rings. The number of hydrogen-bond acceptors (Lipinski definition) is 5. The van der Waals surface area contributed by atoms with Gasteiger partial charge in [-0.2, -0.15) is 5.10 Å². The number of aromatic nitrogens is 2. The molecule has 8 nitrogen and oxygen atoms in total. The minimum atomic E-state index is -0.493. The van der Waals surface area contributed by atoms with Gasteiger partial charge in [0.15, 0.2) is 0 Å². The SMILES string of the molecule is COc1ccc(C(=O)NC(=Cc2cn(-c3ccccc3)nc2-c2ccc(Cl)cc2)C(=O)NCc2ccco2)cc1. The summed E-state index contributed by atoms with van der Waals surface area (Å²) >= 11 is 6.12. The molecule has 0 saturated heterocycles. The first-order valence-corrected chi connectivity index (χ1v) is 12.8. The monoisotopic (exact) mass is 552 g/mol. The number of nitrogens with zero attached hydrogens (tertiary/aromatic N) is 2. The number of para-hydroxylation sites is 1. The van der Waals surface area contributed by atoms with Crippen molar-refractivity contribution in [2.45, 2.75) is 6.54 Å². The lowest BCUT2D eigenvalue weighted by atomic mass is 10.1. The van der Waals surface area contributed by atoms with Crippen LogP contribution in [0.3, 0.4) is 0 Å². The van der Waals surface area contributed by atoms with E-state index in [4.69, 9.17) is 25.9 Å². The van der Waals surface area contributed by atoms with Gasteiger partial charge in [0.1, 0.15) is 22.9 Å². The summed E-state index contributed by atoms with van der Waals surface area (Å²) in [6, 6.07) is 26.9. The van der Waals surface area contributed by atoms with Crippen molar-refractivity contribution in [1.82, 2.24) is 20.4 Å². The lowest BCUT2D eigenvalue weighted by Crippen LogP contribution is -2.34. The van der Waals surface area contributed by atoms with Gasteiger partial charge in [0.2, 0.25) is 0 Å². The van der Waals surface area contributed by atoms with E-state index in [1.54, 1.807) is 72.6 Å². The molecule has 0 radical (unpaired) electrons. The number of amides is 2. The summed E-state index contributed by atoms with van der Waals surface area (Å²) in [6.45, 7) is 0.148. The summed E-state index contributed by atoms with van der Waals surface area (Å²) in [5, 5.41) is 11.0. The number of nitrogens with one attached hydrogen (secondary N) is 2. The first kappa shape index (κ1) is 26.5. The normalized spacial score (nSPS) is 11.2. The van der Waals surface area contributed by atoms with E-state index in [0.29, 0.717) is 33.4 Å². The molecule has 5 rings (SSSR count). The first-order chi connectivity index (χ1) is 19.5. The van der Waals surface area contributed by atoms with Crippen molar-refractivity contribution in [3.05, 3.63) is 131 Å². The summed E-state index contributed by atoms with van der Waals surface area (Å²) in [5.41, 5.74) is 3.25. The number of carbonyl (C=O) groups is 2. The molecule has 200 valence electrons. The average Bonchev–Trinajstić information content (AvgIpc) is 3.67. The Hall–Kier alpha value is -5.08.